The molecule has 29 heteroatoms. The maximum atomic E-state index is 12.8. The van der Waals surface area contributed by atoms with Crippen molar-refractivity contribution in [2.75, 3.05) is 20.7 Å². The maximum absolute atomic E-state index is 12.8. The van der Waals surface area contributed by atoms with Crippen LogP contribution in [-0.2, 0) is 24.4 Å². The molecule has 113 heavy (non-hydrogen) atoms. The summed E-state index contributed by atoms with van der Waals surface area (Å²) in [4.78, 5) is 112. The van der Waals surface area contributed by atoms with E-state index in [0.717, 1.165) is 78.5 Å². The molecule has 0 saturated carbocycles. The van der Waals surface area contributed by atoms with Gasteiger partial charge in [-0.2, -0.15) is 15.3 Å². The number of nitrogens with zero attached hydrogens (tertiary/aromatic N) is 16. The summed E-state index contributed by atoms with van der Waals surface area (Å²) in [6, 6.07) is 52.1. The minimum absolute atomic E-state index is 0. The monoisotopic (exact) mass is 1550 g/mol. The van der Waals surface area contributed by atoms with Crippen LogP contribution in [0.25, 0.3) is 84.7 Å². The van der Waals surface area contributed by atoms with Gasteiger partial charge in [-0.3, -0.25) is 18.5 Å². The Labute approximate surface area is 694 Å². The van der Waals surface area contributed by atoms with Crippen LogP contribution in [0.5, 0.6) is 0 Å². The van der Waals surface area contributed by atoms with E-state index < -0.39 is 11.9 Å². The molecule has 6 aromatic carbocycles. The first-order valence-corrected chi connectivity index (χ1v) is 35.6. The van der Waals surface area contributed by atoms with Crippen molar-refractivity contribution in [3.8, 4) is 51.2 Å². The summed E-state index contributed by atoms with van der Waals surface area (Å²) in [5.41, 5.74) is 17.2. The average molecular weight is 1550 g/mol. The molecule has 15 rings (SSSR count). The fraction of sp³-hybridized carbons (Fsp3) is 0.250. The number of rotatable bonds is 19. The minimum Gasteiger partial charge on any atom is -0.870 e. The SMILES string of the molecule is C.C.CCOC(=O)c1cc(C)n(-c2ccc(Cn3c(=O)[nH]c4cnc(-c5ccccc5C(C)C)nc43)cc2)n1.Cc1cc(C(=O)N(C)C)nn1-c1ccc(Cn2c(=O)[nH]c3cnc(-c4ccccc4C(C)C)nc32)cc1.Cc1cc(C(=O)O)nn1-c1ccc(Cn2c(=O)[nH]c3cnc(-c4ccccc4C(C)C)nc32)cc1.[K+].[OH-]. The molecule has 0 unspecified atom stereocenters. The molecule has 1 amide bonds. The largest absolute Gasteiger partial charge is 1.00 e. The number of benzene rings is 6. The molecule has 0 fully saturated rings. The van der Waals surface area contributed by atoms with Crippen molar-refractivity contribution in [1.29, 1.82) is 0 Å². The summed E-state index contributed by atoms with van der Waals surface area (Å²) >= 11 is 0. The topological polar surface area (TPSA) is 358 Å². The van der Waals surface area contributed by atoms with Gasteiger partial charge in [0.25, 0.3) is 5.91 Å². The van der Waals surface area contributed by atoms with E-state index in [1.165, 1.54) is 11.0 Å². The third-order valence-electron chi connectivity index (χ3n) is 18.6. The second-order valence-electron chi connectivity index (χ2n) is 27.5. The van der Waals surface area contributed by atoms with Gasteiger partial charge in [0, 0.05) is 47.9 Å². The summed E-state index contributed by atoms with van der Waals surface area (Å²) in [6.07, 6.45) is 4.98. The molecule has 5 N–H and O–H groups in total. The Morgan fingerprint density at radius 2 is 0.743 bits per heavy atom. The predicted molar refractivity (Wildman–Crippen MR) is 432 cm³/mol. The summed E-state index contributed by atoms with van der Waals surface area (Å²) in [6.45, 7) is 21.5. The number of aryl methyl sites for hydroxylation is 3. The van der Waals surface area contributed by atoms with Crippen LogP contribution in [0.3, 0.4) is 0 Å². The molecule has 0 radical (unpaired) electrons. The number of ether oxygens (including phenoxy) is 1. The number of amides is 1. The van der Waals surface area contributed by atoms with Crippen LogP contribution < -0.4 is 68.5 Å². The van der Waals surface area contributed by atoms with Gasteiger partial charge in [-0.05, 0) is 133 Å². The Kier molecular flexibility index (Phi) is 27.4. The standard InChI is InChI=1S/C28H29N7O2.C28H28N6O3.C26H24N6O3.2CH4.K.H2O/c1-17(2)21-8-6-7-9-22(21)25-29-15-24-26(31-25)34(28(37)30-24)16-19-10-12-20(13-11-19)35-18(3)14-23(32-35)27(36)33(4)5;1-5-37-27(35)23-14-18(4)34(32-23)20-12-10-19(11-13-20)16-33-26-24(30-28(33)36)15-29-25(31-26)22-9-7-6-8-21(22)17(2)3;1-15(2)19-6-4-5-7-20(19)23-27-13-22-24(29-23)31(26(35)28-22)14-17-8-10-18(11-9-17)32-16(3)12-21(30-32)25(33)34;;;;/h6-15,17H,16H2,1-5H3,(H,30,37);6-15,17H,5,16H2,1-4H3,(H,30,36);4-13,15H,14H2,1-3H3,(H,28,35)(H,33,34);2*1H4;;1H2/q;;;;;+1;/p-1. The van der Waals surface area contributed by atoms with Gasteiger partial charge >= 0.3 is 80.4 Å². The van der Waals surface area contributed by atoms with Crippen molar-refractivity contribution in [3.63, 3.8) is 0 Å². The smallest absolute Gasteiger partial charge is 0.870 e. The fourth-order valence-electron chi connectivity index (χ4n) is 13.0. The van der Waals surface area contributed by atoms with E-state index in [1.54, 1.807) is 86.4 Å². The van der Waals surface area contributed by atoms with Crippen LogP contribution in [0.2, 0.25) is 0 Å². The Hall–Kier alpha value is -12.0. The third kappa shape index (κ3) is 18.3. The number of imidazole rings is 3. The van der Waals surface area contributed by atoms with E-state index in [0.29, 0.717) is 106 Å². The molecule has 28 nitrogen and oxygen atoms in total. The van der Waals surface area contributed by atoms with Crippen LogP contribution in [0.1, 0.15) is 163 Å². The number of H-pyrrole nitrogens is 3. The number of aromatic carboxylic acids is 1. The van der Waals surface area contributed by atoms with Gasteiger partial charge in [0.2, 0.25) is 0 Å². The summed E-state index contributed by atoms with van der Waals surface area (Å²) in [5.74, 6) is 1.04. The molecule has 0 aliphatic rings. The van der Waals surface area contributed by atoms with Crippen molar-refractivity contribution in [3.05, 3.63) is 281 Å². The second-order valence-corrected chi connectivity index (χ2v) is 27.5. The van der Waals surface area contributed by atoms with Gasteiger partial charge < -0.3 is 35.2 Å². The van der Waals surface area contributed by atoms with Gasteiger partial charge in [0.05, 0.1) is 61.9 Å². The molecule has 0 spiro atoms. The van der Waals surface area contributed by atoms with Gasteiger partial charge in [-0.25, -0.2) is 67.9 Å². The number of aromatic nitrogens is 18. The third-order valence-corrected chi connectivity index (χ3v) is 18.6. The molecule has 0 aliphatic carbocycles. The number of carboxylic acid groups (broad SMARTS) is 1. The number of carboxylic acids is 1. The Morgan fingerprint density at radius 3 is 1.04 bits per heavy atom. The molecule has 0 atom stereocenters. The first-order valence-electron chi connectivity index (χ1n) is 35.6. The number of carbonyl (C=O) groups excluding carboxylic acids is 2. The number of nitrogens with one attached hydrogen (secondary N) is 3. The maximum Gasteiger partial charge on any atom is 1.00 e. The minimum atomic E-state index is -1.07. The first kappa shape index (κ1) is 85.0. The van der Waals surface area contributed by atoms with Gasteiger partial charge in [-0.1, -0.05) is 166 Å². The molecular formula is C84H90KN19O9. The number of aromatic amines is 3. The average Bonchev–Trinajstić information content (AvgIpc) is 1.66. The summed E-state index contributed by atoms with van der Waals surface area (Å²) in [7, 11) is 3.41. The van der Waals surface area contributed by atoms with E-state index >= 15 is 0 Å². The van der Waals surface area contributed by atoms with E-state index in [1.807, 2.05) is 141 Å². The second kappa shape index (κ2) is 36.4. The normalized spacial score (nSPS) is 11.0. The predicted octanol–water partition coefficient (Wildman–Crippen LogP) is 11.0. The summed E-state index contributed by atoms with van der Waals surface area (Å²) in [5, 5.41) is 22.2. The number of carbonyl (C=O) groups is 3. The quantitative estimate of drug-likeness (QED) is 0.0431. The van der Waals surface area contributed by atoms with Crippen molar-refractivity contribution in [2.24, 2.45) is 0 Å². The summed E-state index contributed by atoms with van der Waals surface area (Å²) < 4.78 is 14.9. The molecule has 9 heterocycles. The van der Waals surface area contributed by atoms with Crippen LogP contribution in [0.15, 0.2) is 197 Å². The number of hydrogen-bond donors (Lipinski definition) is 4. The molecular weight excluding hydrogens is 1460 g/mol. The number of hydrogen-bond acceptors (Lipinski definition) is 17. The van der Waals surface area contributed by atoms with E-state index in [4.69, 9.17) is 19.7 Å². The Bertz CT molecular complexity index is 6090. The van der Waals surface area contributed by atoms with Crippen LogP contribution in [0, 0.1) is 20.8 Å². The van der Waals surface area contributed by atoms with Gasteiger partial charge in [0.15, 0.2) is 51.5 Å². The Balaban J connectivity index is 0.000000191. The van der Waals surface area contributed by atoms with Crippen molar-refractivity contribution >= 4 is 51.3 Å². The Morgan fingerprint density at radius 1 is 0.451 bits per heavy atom. The van der Waals surface area contributed by atoms with Crippen LogP contribution >= 0.6 is 0 Å². The zero-order valence-corrected chi connectivity index (χ0v) is 66.9. The van der Waals surface area contributed by atoms with Crippen LogP contribution in [0.4, 0.5) is 0 Å². The number of esters is 1. The van der Waals surface area contributed by atoms with Crippen molar-refractivity contribution < 1.29 is 81.1 Å². The molecule has 0 bridgehead atoms. The molecule has 0 saturated heterocycles. The van der Waals surface area contributed by atoms with Crippen LogP contribution in [-0.4, -0.2) is 142 Å². The molecule has 0 aliphatic heterocycles. The first-order chi connectivity index (χ1) is 52.4. The zero-order valence-electron chi connectivity index (χ0n) is 63.8. The molecule has 9 aromatic heterocycles. The fourth-order valence-corrected chi connectivity index (χ4v) is 13.0. The number of fused-ring (bicyclic) bond motifs is 3. The zero-order chi connectivity index (χ0) is 77.1. The molecule has 576 valence electrons. The van der Waals surface area contributed by atoms with E-state index in [2.05, 4.69) is 105 Å². The van der Waals surface area contributed by atoms with Gasteiger partial charge in [-0.15, -0.1) is 0 Å². The molecule has 15 aromatic rings. The van der Waals surface area contributed by atoms with E-state index in [9.17, 15) is 33.9 Å². The van der Waals surface area contributed by atoms with E-state index in [-0.39, 0.29) is 106 Å². The van der Waals surface area contributed by atoms with Crippen molar-refractivity contribution in [2.45, 2.75) is 121 Å². The van der Waals surface area contributed by atoms with Crippen molar-refractivity contribution in [1.82, 2.24) is 92.8 Å². The van der Waals surface area contributed by atoms with Gasteiger partial charge in [0.1, 0.15) is 16.6 Å².